The molecule has 1 rings (SSSR count). The van der Waals surface area contributed by atoms with Gasteiger partial charge < -0.3 is 10.8 Å². The summed E-state index contributed by atoms with van der Waals surface area (Å²) in [6, 6.07) is 5.45. The lowest BCUT2D eigenvalue weighted by atomic mass is 10.0. The lowest BCUT2D eigenvalue weighted by Crippen LogP contribution is -2.26. The Labute approximate surface area is 104 Å². The Morgan fingerprint density at radius 1 is 1.41 bits per heavy atom. The average molecular weight is 261 g/mol. The molecule has 3 N–H and O–H groups in total. The minimum atomic E-state index is -0.950. The van der Waals surface area contributed by atoms with Crippen molar-refractivity contribution in [1.29, 1.82) is 0 Å². The molecular formula is C10H13ClN2O4. The van der Waals surface area contributed by atoms with Crippen molar-refractivity contribution in [3.63, 3.8) is 0 Å². The number of carboxylic acid groups (broad SMARTS) is 1. The number of nitrogens with zero attached hydrogens (tertiary/aromatic N) is 1. The van der Waals surface area contributed by atoms with Gasteiger partial charge in [-0.15, -0.1) is 12.4 Å². The van der Waals surface area contributed by atoms with Gasteiger partial charge in [0.25, 0.3) is 5.69 Å². The Morgan fingerprint density at radius 3 is 2.35 bits per heavy atom. The highest BCUT2D eigenvalue weighted by molar-refractivity contribution is 5.85. The number of hydrogen-bond donors (Lipinski definition) is 2. The molecule has 0 aliphatic heterocycles. The predicted octanol–water partition coefficient (Wildman–Crippen LogP) is 1.36. The van der Waals surface area contributed by atoms with E-state index in [0.717, 1.165) is 5.56 Å². The SMILES string of the molecule is Cl.N[C@H](CC(=O)O)Cc1ccc([N+](=O)[O-])cc1. The lowest BCUT2D eigenvalue weighted by molar-refractivity contribution is -0.384. The minimum Gasteiger partial charge on any atom is -0.481 e. The number of aliphatic carboxylic acids is 1. The van der Waals surface area contributed by atoms with Crippen molar-refractivity contribution in [1.82, 2.24) is 0 Å². The molecule has 0 bridgehead atoms. The Bertz CT molecular complexity index is 394. The minimum absolute atomic E-state index is 0. The van der Waals surface area contributed by atoms with Crippen molar-refractivity contribution in [2.45, 2.75) is 18.9 Å². The molecule has 6 nitrogen and oxygen atoms in total. The van der Waals surface area contributed by atoms with Gasteiger partial charge in [-0.25, -0.2) is 0 Å². The van der Waals surface area contributed by atoms with Crippen LogP contribution in [0.3, 0.4) is 0 Å². The summed E-state index contributed by atoms with van der Waals surface area (Å²) in [4.78, 5) is 20.3. The molecule has 0 radical (unpaired) electrons. The Morgan fingerprint density at radius 2 is 1.94 bits per heavy atom. The number of halogens is 1. The van der Waals surface area contributed by atoms with E-state index in [4.69, 9.17) is 10.8 Å². The normalized spacial score (nSPS) is 11.4. The summed E-state index contributed by atoms with van der Waals surface area (Å²) in [5.41, 5.74) is 6.39. The Hall–Kier alpha value is -1.66. The number of nitrogens with two attached hydrogens (primary N) is 1. The van der Waals surface area contributed by atoms with Crippen molar-refractivity contribution >= 4 is 24.1 Å². The predicted molar refractivity (Wildman–Crippen MR) is 64.3 cm³/mol. The molecule has 0 aliphatic rings. The van der Waals surface area contributed by atoms with E-state index in [0.29, 0.717) is 6.42 Å². The molecule has 0 aromatic heterocycles. The topological polar surface area (TPSA) is 106 Å². The largest absolute Gasteiger partial charge is 0.481 e. The molecule has 17 heavy (non-hydrogen) atoms. The van der Waals surface area contributed by atoms with Crippen LogP contribution in [0.4, 0.5) is 5.69 Å². The van der Waals surface area contributed by atoms with Crippen molar-refractivity contribution in [2.24, 2.45) is 5.73 Å². The fraction of sp³-hybridized carbons (Fsp3) is 0.300. The maximum absolute atomic E-state index is 10.4. The molecule has 94 valence electrons. The quantitative estimate of drug-likeness (QED) is 0.614. The Balaban J connectivity index is 0.00000256. The zero-order valence-corrected chi connectivity index (χ0v) is 9.72. The zero-order valence-electron chi connectivity index (χ0n) is 8.91. The third-order valence-electron chi connectivity index (χ3n) is 2.08. The molecule has 1 aromatic rings. The molecule has 0 heterocycles. The van der Waals surface area contributed by atoms with Gasteiger partial charge in [0.1, 0.15) is 0 Å². The number of carbonyl (C=O) groups is 1. The summed E-state index contributed by atoms with van der Waals surface area (Å²) < 4.78 is 0. The molecule has 7 heteroatoms. The smallest absolute Gasteiger partial charge is 0.304 e. The van der Waals surface area contributed by atoms with E-state index in [2.05, 4.69) is 0 Å². The van der Waals surface area contributed by atoms with E-state index in [1.54, 1.807) is 12.1 Å². The fourth-order valence-electron chi connectivity index (χ4n) is 1.35. The first-order valence-electron chi connectivity index (χ1n) is 4.69. The first kappa shape index (κ1) is 15.3. The van der Waals surface area contributed by atoms with Crippen molar-refractivity contribution in [3.8, 4) is 0 Å². The fourth-order valence-corrected chi connectivity index (χ4v) is 1.35. The monoisotopic (exact) mass is 260 g/mol. The van der Waals surface area contributed by atoms with Gasteiger partial charge in [-0.1, -0.05) is 12.1 Å². The van der Waals surface area contributed by atoms with Crippen LogP contribution >= 0.6 is 12.4 Å². The molecule has 0 aliphatic carbocycles. The molecule has 0 saturated heterocycles. The number of rotatable bonds is 5. The van der Waals surface area contributed by atoms with Crippen LogP contribution in [0.15, 0.2) is 24.3 Å². The summed E-state index contributed by atoms with van der Waals surface area (Å²) in [5, 5.41) is 18.9. The number of nitro benzene ring substituents is 1. The highest BCUT2D eigenvalue weighted by Crippen LogP contribution is 2.13. The first-order valence-corrected chi connectivity index (χ1v) is 4.69. The summed E-state index contributed by atoms with van der Waals surface area (Å²) in [5.74, 6) is -0.950. The van der Waals surface area contributed by atoms with Gasteiger partial charge in [-0.2, -0.15) is 0 Å². The standard InChI is InChI=1S/C10H12N2O4.ClH/c11-8(6-10(13)14)5-7-1-3-9(4-2-7)12(15)16;/h1-4,8H,5-6,11H2,(H,13,14);1H/t8-;/m0./s1. The van der Waals surface area contributed by atoms with Gasteiger partial charge in [-0.3, -0.25) is 14.9 Å². The third-order valence-corrected chi connectivity index (χ3v) is 2.08. The molecule has 0 spiro atoms. The molecular weight excluding hydrogens is 248 g/mol. The number of non-ortho nitro benzene ring substituents is 1. The van der Waals surface area contributed by atoms with Gasteiger partial charge >= 0.3 is 5.97 Å². The van der Waals surface area contributed by atoms with Crippen LogP contribution < -0.4 is 5.73 Å². The van der Waals surface area contributed by atoms with Gasteiger partial charge in [0.15, 0.2) is 0 Å². The first-order chi connectivity index (χ1) is 7.49. The van der Waals surface area contributed by atoms with E-state index >= 15 is 0 Å². The summed E-state index contributed by atoms with van der Waals surface area (Å²) >= 11 is 0. The summed E-state index contributed by atoms with van der Waals surface area (Å²) in [6.07, 6.45) is 0.279. The van der Waals surface area contributed by atoms with Gasteiger partial charge in [0.2, 0.25) is 0 Å². The number of carboxylic acids is 1. The molecule has 0 saturated carbocycles. The molecule has 1 aromatic carbocycles. The average Bonchev–Trinajstić information content (AvgIpc) is 2.16. The van der Waals surface area contributed by atoms with E-state index in [9.17, 15) is 14.9 Å². The molecule has 1 atom stereocenters. The number of hydrogen-bond acceptors (Lipinski definition) is 4. The molecule has 0 amide bonds. The third kappa shape index (κ3) is 5.28. The maximum atomic E-state index is 10.4. The van der Waals surface area contributed by atoms with Crippen molar-refractivity contribution in [2.75, 3.05) is 0 Å². The van der Waals surface area contributed by atoms with Crippen LogP contribution in [0.1, 0.15) is 12.0 Å². The van der Waals surface area contributed by atoms with E-state index in [1.807, 2.05) is 0 Å². The summed E-state index contributed by atoms with van der Waals surface area (Å²) in [7, 11) is 0. The summed E-state index contributed by atoms with van der Waals surface area (Å²) in [6.45, 7) is 0. The van der Waals surface area contributed by atoms with E-state index in [-0.39, 0.29) is 24.5 Å². The Kier molecular flexibility index (Phi) is 6.16. The van der Waals surface area contributed by atoms with Crippen molar-refractivity contribution in [3.05, 3.63) is 39.9 Å². The second kappa shape index (κ2) is 6.82. The highest BCUT2D eigenvalue weighted by atomic mass is 35.5. The lowest BCUT2D eigenvalue weighted by Gasteiger charge is -2.08. The zero-order chi connectivity index (χ0) is 12.1. The van der Waals surface area contributed by atoms with E-state index < -0.39 is 16.9 Å². The van der Waals surface area contributed by atoms with Crippen LogP contribution in [0.25, 0.3) is 0 Å². The maximum Gasteiger partial charge on any atom is 0.304 e. The van der Waals surface area contributed by atoms with Gasteiger partial charge in [0.05, 0.1) is 11.3 Å². The molecule has 0 unspecified atom stereocenters. The van der Waals surface area contributed by atoms with Crippen molar-refractivity contribution < 1.29 is 14.8 Å². The van der Waals surface area contributed by atoms with Crippen LogP contribution in [0.5, 0.6) is 0 Å². The number of nitro groups is 1. The van der Waals surface area contributed by atoms with Gasteiger partial charge in [0, 0.05) is 18.2 Å². The van der Waals surface area contributed by atoms with Crippen LogP contribution in [0, 0.1) is 10.1 Å². The van der Waals surface area contributed by atoms with Crippen LogP contribution in [-0.4, -0.2) is 22.0 Å². The van der Waals surface area contributed by atoms with E-state index in [1.165, 1.54) is 12.1 Å². The van der Waals surface area contributed by atoms with Gasteiger partial charge in [-0.05, 0) is 12.0 Å². The second-order valence-corrected chi connectivity index (χ2v) is 3.49. The number of benzene rings is 1. The van der Waals surface area contributed by atoms with Crippen LogP contribution in [0.2, 0.25) is 0 Å². The highest BCUT2D eigenvalue weighted by Gasteiger charge is 2.10. The molecule has 0 fully saturated rings. The van der Waals surface area contributed by atoms with Crippen LogP contribution in [-0.2, 0) is 11.2 Å². The second-order valence-electron chi connectivity index (χ2n) is 3.49.